The zero-order chi connectivity index (χ0) is 11.7. The standard InChI is InChI=1S/C10H16N4O2/c1-13(2)10-12-11-8(6-9(15)16)14(10)7-4-3-5-7/h7H,3-6H2,1-2H3,(H,15,16). The van der Waals surface area contributed by atoms with Gasteiger partial charge in [0, 0.05) is 20.1 Å². The van der Waals surface area contributed by atoms with Crippen molar-refractivity contribution in [3.05, 3.63) is 5.82 Å². The number of aliphatic carboxylic acids is 1. The highest BCUT2D eigenvalue weighted by atomic mass is 16.4. The van der Waals surface area contributed by atoms with E-state index >= 15 is 0 Å². The molecule has 1 fully saturated rings. The van der Waals surface area contributed by atoms with Crippen LogP contribution < -0.4 is 4.90 Å². The molecule has 1 aliphatic rings. The molecular formula is C10H16N4O2. The predicted octanol–water partition coefficient (Wildman–Crippen LogP) is 0.696. The molecule has 2 rings (SSSR count). The molecular weight excluding hydrogens is 208 g/mol. The maximum Gasteiger partial charge on any atom is 0.311 e. The quantitative estimate of drug-likeness (QED) is 0.815. The summed E-state index contributed by atoms with van der Waals surface area (Å²) in [7, 11) is 3.79. The van der Waals surface area contributed by atoms with Gasteiger partial charge in [0.05, 0.1) is 0 Å². The number of aromatic nitrogens is 3. The molecule has 0 amide bonds. The molecule has 16 heavy (non-hydrogen) atoms. The first-order chi connectivity index (χ1) is 7.59. The Morgan fingerprint density at radius 2 is 2.19 bits per heavy atom. The van der Waals surface area contributed by atoms with Gasteiger partial charge >= 0.3 is 5.97 Å². The van der Waals surface area contributed by atoms with Gasteiger partial charge in [-0.15, -0.1) is 10.2 Å². The largest absolute Gasteiger partial charge is 0.481 e. The first-order valence-electron chi connectivity index (χ1n) is 5.42. The van der Waals surface area contributed by atoms with Crippen LogP contribution in [-0.4, -0.2) is 39.9 Å². The van der Waals surface area contributed by atoms with Gasteiger partial charge in [-0.1, -0.05) is 0 Å². The molecule has 6 nitrogen and oxygen atoms in total. The van der Waals surface area contributed by atoms with Crippen LogP contribution in [0.5, 0.6) is 0 Å². The molecule has 88 valence electrons. The molecule has 1 aliphatic carbocycles. The third-order valence-electron chi connectivity index (χ3n) is 2.90. The Morgan fingerprint density at radius 3 is 2.62 bits per heavy atom. The van der Waals surface area contributed by atoms with Gasteiger partial charge in [-0.05, 0) is 19.3 Å². The monoisotopic (exact) mass is 224 g/mol. The van der Waals surface area contributed by atoms with Crippen molar-refractivity contribution in [3.63, 3.8) is 0 Å². The van der Waals surface area contributed by atoms with Crippen molar-refractivity contribution < 1.29 is 9.90 Å². The van der Waals surface area contributed by atoms with Crippen molar-refractivity contribution in [3.8, 4) is 0 Å². The lowest BCUT2D eigenvalue weighted by Crippen LogP contribution is -2.25. The van der Waals surface area contributed by atoms with Crippen LogP contribution in [0.2, 0.25) is 0 Å². The first kappa shape index (κ1) is 10.9. The van der Waals surface area contributed by atoms with E-state index in [1.54, 1.807) is 0 Å². The topological polar surface area (TPSA) is 71.2 Å². The summed E-state index contributed by atoms with van der Waals surface area (Å²) in [6, 6.07) is 0.377. The van der Waals surface area contributed by atoms with E-state index in [1.165, 1.54) is 6.42 Å². The number of carbonyl (C=O) groups is 1. The molecule has 1 saturated carbocycles. The molecule has 0 aromatic carbocycles. The van der Waals surface area contributed by atoms with Crippen molar-refractivity contribution in [2.75, 3.05) is 19.0 Å². The summed E-state index contributed by atoms with van der Waals surface area (Å²) in [5, 5.41) is 16.8. The zero-order valence-electron chi connectivity index (χ0n) is 9.55. The van der Waals surface area contributed by atoms with Gasteiger partial charge in [-0.25, -0.2) is 0 Å². The van der Waals surface area contributed by atoms with Crippen molar-refractivity contribution in [2.24, 2.45) is 0 Å². The highest BCUT2D eigenvalue weighted by molar-refractivity contribution is 5.69. The van der Waals surface area contributed by atoms with E-state index in [9.17, 15) is 4.79 Å². The molecule has 1 aromatic rings. The van der Waals surface area contributed by atoms with Crippen molar-refractivity contribution in [1.29, 1.82) is 0 Å². The summed E-state index contributed by atoms with van der Waals surface area (Å²) in [6.45, 7) is 0. The predicted molar refractivity (Wildman–Crippen MR) is 58.6 cm³/mol. The molecule has 0 unspecified atom stereocenters. The van der Waals surface area contributed by atoms with E-state index in [4.69, 9.17) is 5.11 Å². The highest BCUT2D eigenvalue weighted by Crippen LogP contribution is 2.35. The van der Waals surface area contributed by atoms with Gasteiger partial charge in [0.1, 0.15) is 12.2 Å². The van der Waals surface area contributed by atoms with Gasteiger partial charge < -0.3 is 10.0 Å². The summed E-state index contributed by atoms with van der Waals surface area (Å²) in [5.41, 5.74) is 0. The minimum absolute atomic E-state index is 0.0582. The normalized spacial score (nSPS) is 15.9. The molecule has 1 aromatic heterocycles. The van der Waals surface area contributed by atoms with Gasteiger partial charge in [-0.3, -0.25) is 9.36 Å². The molecule has 0 saturated heterocycles. The molecule has 0 bridgehead atoms. The molecule has 1 N–H and O–H groups in total. The smallest absolute Gasteiger partial charge is 0.311 e. The number of hydrogen-bond donors (Lipinski definition) is 1. The van der Waals surface area contributed by atoms with Crippen LogP contribution in [0, 0.1) is 0 Å². The minimum Gasteiger partial charge on any atom is -0.481 e. The average Bonchev–Trinajstić information content (AvgIpc) is 2.45. The van der Waals surface area contributed by atoms with E-state index in [1.807, 2.05) is 23.6 Å². The first-order valence-corrected chi connectivity index (χ1v) is 5.42. The Morgan fingerprint density at radius 1 is 1.50 bits per heavy atom. The number of nitrogens with zero attached hydrogens (tertiary/aromatic N) is 4. The van der Waals surface area contributed by atoms with Crippen LogP contribution >= 0.6 is 0 Å². The van der Waals surface area contributed by atoms with Gasteiger partial charge in [0.2, 0.25) is 5.95 Å². The lowest BCUT2D eigenvalue weighted by Gasteiger charge is -2.30. The zero-order valence-corrected chi connectivity index (χ0v) is 9.55. The average molecular weight is 224 g/mol. The van der Waals surface area contributed by atoms with Crippen molar-refractivity contribution >= 4 is 11.9 Å². The number of carboxylic acids is 1. The third-order valence-corrected chi connectivity index (χ3v) is 2.90. The van der Waals surface area contributed by atoms with Gasteiger partial charge in [0.15, 0.2) is 0 Å². The van der Waals surface area contributed by atoms with Crippen LogP contribution in [0.15, 0.2) is 0 Å². The molecule has 0 radical (unpaired) electrons. The molecule has 0 spiro atoms. The number of rotatable bonds is 4. The van der Waals surface area contributed by atoms with E-state index in [2.05, 4.69) is 10.2 Å². The maximum absolute atomic E-state index is 10.7. The van der Waals surface area contributed by atoms with Crippen molar-refractivity contribution in [2.45, 2.75) is 31.7 Å². The lowest BCUT2D eigenvalue weighted by atomic mass is 9.92. The van der Waals surface area contributed by atoms with Crippen LogP contribution in [0.25, 0.3) is 0 Å². The SMILES string of the molecule is CN(C)c1nnc(CC(=O)O)n1C1CCC1. The van der Waals surface area contributed by atoms with E-state index in [0.29, 0.717) is 11.9 Å². The Labute approximate surface area is 93.9 Å². The van der Waals surface area contributed by atoms with Crippen LogP contribution in [0.4, 0.5) is 5.95 Å². The summed E-state index contributed by atoms with van der Waals surface area (Å²) in [5.74, 6) is 0.445. The third kappa shape index (κ3) is 1.87. The van der Waals surface area contributed by atoms with Crippen LogP contribution in [0.1, 0.15) is 31.1 Å². The Balaban J connectivity index is 2.33. The van der Waals surface area contributed by atoms with E-state index in [0.717, 1.165) is 18.8 Å². The summed E-state index contributed by atoms with van der Waals surface area (Å²) < 4.78 is 1.97. The maximum atomic E-state index is 10.7. The van der Waals surface area contributed by atoms with Crippen LogP contribution in [-0.2, 0) is 11.2 Å². The van der Waals surface area contributed by atoms with Crippen molar-refractivity contribution in [1.82, 2.24) is 14.8 Å². The Bertz CT molecular complexity index is 396. The number of carboxylic acid groups (broad SMARTS) is 1. The fourth-order valence-electron chi connectivity index (χ4n) is 1.89. The van der Waals surface area contributed by atoms with Gasteiger partial charge in [0.25, 0.3) is 0 Å². The second kappa shape index (κ2) is 4.11. The Hall–Kier alpha value is -1.59. The number of hydrogen-bond acceptors (Lipinski definition) is 4. The fraction of sp³-hybridized carbons (Fsp3) is 0.700. The summed E-state index contributed by atoms with van der Waals surface area (Å²) >= 11 is 0. The van der Waals surface area contributed by atoms with E-state index in [-0.39, 0.29) is 6.42 Å². The lowest BCUT2D eigenvalue weighted by molar-refractivity contribution is -0.136. The summed E-state index contributed by atoms with van der Waals surface area (Å²) in [6.07, 6.45) is 3.32. The Kier molecular flexibility index (Phi) is 2.80. The molecule has 6 heteroatoms. The van der Waals surface area contributed by atoms with Gasteiger partial charge in [-0.2, -0.15) is 0 Å². The molecule has 0 aliphatic heterocycles. The number of anilines is 1. The summed E-state index contributed by atoms with van der Waals surface area (Å²) in [4.78, 5) is 12.6. The van der Waals surface area contributed by atoms with Crippen LogP contribution in [0.3, 0.4) is 0 Å². The highest BCUT2D eigenvalue weighted by Gasteiger charge is 2.27. The second-order valence-corrected chi connectivity index (χ2v) is 4.34. The molecule has 0 atom stereocenters. The van der Waals surface area contributed by atoms with E-state index < -0.39 is 5.97 Å². The fourth-order valence-corrected chi connectivity index (χ4v) is 1.89. The molecule has 1 heterocycles. The minimum atomic E-state index is -0.863. The second-order valence-electron chi connectivity index (χ2n) is 4.34.